The van der Waals surface area contributed by atoms with E-state index in [2.05, 4.69) is 15.4 Å². The van der Waals surface area contributed by atoms with Gasteiger partial charge in [-0.2, -0.15) is 5.10 Å². The molecule has 0 fully saturated rings. The van der Waals surface area contributed by atoms with E-state index in [1.165, 1.54) is 4.68 Å². The SMILES string of the molecule is CC(NC(=O)c1nn(C(C)C)c(=O)c2ccccc12)c1ccccn1. The van der Waals surface area contributed by atoms with Crippen LogP contribution in [0.4, 0.5) is 0 Å². The number of nitrogens with one attached hydrogen (secondary N) is 1. The van der Waals surface area contributed by atoms with E-state index in [-0.39, 0.29) is 29.2 Å². The number of rotatable bonds is 4. The van der Waals surface area contributed by atoms with Crippen LogP contribution < -0.4 is 10.9 Å². The lowest BCUT2D eigenvalue weighted by Gasteiger charge is -2.16. The van der Waals surface area contributed by atoms with Crippen molar-refractivity contribution in [1.29, 1.82) is 0 Å². The van der Waals surface area contributed by atoms with Crippen molar-refractivity contribution in [3.8, 4) is 0 Å². The second-order valence-electron chi connectivity index (χ2n) is 6.19. The molecular weight excluding hydrogens is 316 g/mol. The molecule has 0 saturated carbocycles. The molecule has 0 aliphatic heterocycles. The fourth-order valence-corrected chi connectivity index (χ4v) is 2.70. The molecule has 0 aliphatic carbocycles. The number of amides is 1. The smallest absolute Gasteiger partial charge is 0.274 e. The molecule has 2 aromatic heterocycles. The summed E-state index contributed by atoms with van der Waals surface area (Å²) in [5.74, 6) is -0.330. The molecule has 1 atom stereocenters. The summed E-state index contributed by atoms with van der Waals surface area (Å²) in [4.78, 5) is 29.6. The van der Waals surface area contributed by atoms with Crippen LogP contribution in [-0.4, -0.2) is 20.7 Å². The number of pyridine rings is 1. The van der Waals surface area contributed by atoms with Gasteiger partial charge in [-0.25, -0.2) is 4.68 Å². The van der Waals surface area contributed by atoms with Gasteiger partial charge in [0.15, 0.2) is 5.69 Å². The van der Waals surface area contributed by atoms with E-state index in [9.17, 15) is 9.59 Å². The Bertz CT molecular complexity index is 964. The molecule has 6 heteroatoms. The Kier molecular flexibility index (Phi) is 4.61. The molecule has 0 saturated heterocycles. The first-order valence-electron chi connectivity index (χ1n) is 8.22. The highest BCUT2D eigenvalue weighted by atomic mass is 16.2. The molecule has 0 radical (unpaired) electrons. The molecule has 1 N–H and O–H groups in total. The molecule has 3 rings (SSSR count). The van der Waals surface area contributed by atoms with E-state index in [1.807, 2.05) is 39.0 Å². The first-order valence-corrected chi connectivity index (χ1v) is 8.22. The van der Waals surface area contributed by atoms with Gasteiger partial charge in [0.1, 0.15) is 0 Å². The van der Waals surface area contributed by atoms with Gasteiger partial charge in [-0.15, -0.1) is 0 Å². The topological polar surface area (TPSA) is 76.9 Å². The minimum Gasteiger partial charge on any atom is -0.343 e. The quantitative estimate of drug-likeness (QED) is 0.795. The van der Waals surface area contributed by atoms with Crippen LogP contribution >= 0.6 is 0 Å². The number of hydrogen-bond acceptors (Lipinski definition) is 4. The minimum atomic E-state index is -0.330. The minimum absolute atomic E-state index is 0.142. The van der Waals surface area contributed by atoms with Crippen molar-refractivity contribution in [3.05, 3.63) is 70.4 Å². The summed E-state index contributed by atoms with van der Waals surface area (Å²) in [6.45, 7) is 5.59. The van der Waals surface area contributed by atoms with E-state index in [1.54, 1.807) is 30.5 Å². The van der Waals surface area contributed by atoms with Gasteiger partial charge in [-0.05, 0) is 39.0 Å². The summed E-state index contributed by atoms with van der Waals surface area (Å²) in [7, 11) is 0. The zero-order valence-electron chi connectivity index (χ0n) is 14.4. The van der Waals surface area contributed by atoms with Crippen LogP contribution in [0, 0.1) is 0 Å². The fraction of sp³-hybridized carbons (Fsp3) is 0.263. The van der Waals surface area contributed by atoms with Gasteiger partial charge >= 0.3 is 0 Å². The van der Waals surface area contributed by atoms with Crippen molar-refractivity contribution < 1.29 is 4.79 Å². The van der Waals surface area contributed by atoms with E-state index < -0.39 is 0 Å². The maximum absolute atomic E-state index is 12.8. The summed E-state index contributed by atoms with van der Waals surface area (Å²) in [5.41, 5.74) is 0.809. The van der Waals surface area contributed by atoms with E-state index >= 15 is 0 Å². The largest absolute Gasteiger partial charge is 0.343 e. The number of fused-ring (bicyclic) bond motifs is 1. The predicted octanol–water partition coefficient (Wildman–Crippen LogP) is 2.86. The van der Waals surface area contributed by atoms with Gasteiger partial charge in [0.2, 0.25) is 0 Å². The lowest BCUT2D eigenvalue weighted by Crippen LogP contribution is -2.33. The molecule has 1 aromatic carbocycles. The average molecular weight is 336 g/mol. The van der Waals surface area contributed by atoms with Crippen LogP contribution in [0.15, 0.2) is 53.5 Å². The lowest BCUT2D eigenvalue weighted by atomic mass is 10.1. The molecule has 3 aromatic rings. The molecular formula is C19H20N4O2. The monoisotopic (exact) mass is 336 g/mol. The Labute approximate surface area is 145 Å². The maximum Gasteiger partial charge on any atom is 0.274 e. The Morgan fingerprint density at radius 2 is 1.72 bits per heavy atom. The predicted molar refractivity (Wildman–Crippen MR) is 96.5 cm³/mol. The van der Waals surface area contributed by atoms with Gasteiger partial charge in [0.25, 0.3) is 11.5 Å². The van der Waals surface area contributed by atoms with Crippen molar-refractivity contribution in [2.24, 2.45) is 0 Å². The van der Waals surface area contributed by atoms with Crippen LogP contribution in [-0.2, 0) is 0 Å². The van der Waals surface area contributed by atoms with Crippen molar-refractivity contribution in [1.82, 2.24) is 20.1 Å². The third kappa shape index (κ3) is 3.28. The lowest BCUT2D eigenvalue weighted by molar-refractivity contribution is 0.0933. The second kappa shape index (κ2) is 6.84. The number of benzene rings is 1. The van der Waals surface area contributed by atoms with Gasteiger partial charge in [-0.3, -0.25) is 14.6 Å². The number of carbonyl (C=O) groups is 1. The fourth-order valence-electron chi connectivity index (χ4n) is 2.70. The Balaban J connectivity index is 2.04. The first-order chi connectivity index (χ1) is 12.0. The van der Waals surface area contributed by atoms with E-state index in [0.717, 1.165) is 5.69 Å². The summed E-state index contributed by atoms with van der Waals surface area (Å²) < 4.78 is 1.35. The number of hydrogen-bond donors (Lipinski definition) is 1. The van der Waals surface area contributed by atoms with Crippen LogP contribution in [0.5, 0.6) is 0 Å². The molecule has 25 heavy (non-hydrogen) atoms. The Morgan fingerprint density at radius 3 is 2.36 bits per heavy atom. The summed E-state index contributed by atoms with van der Waals surface area (Å²) in [6, 6.07) is 12.2. The molecule has 0 spiro atoms. The highest BCUT2D eigenvalue weighted by molar-refractivity contribution is 6.04. The van der Waals surface area contributed by atoms with Crippen LogP contribution in [0.25, 0.3) is 10.8 Å². The van der Waals surface area contributed by atoms with Crippen LogP contribution in [0.3, 0.4) is 0 Å². The Morgan fingerprint density at radius 1 is 1.04 bits per heavy atom. The molecule has 1 amide bonds. The molecule has 128 valence electrons. The number of aromatic nitrogens is 3. The second-order valence-corrected chi connectivity index (χ2v) is 6.19. The standard InChI is InChI=1S/C19H20N4O2/c1-12(2)23-19(25)15-9-5-4-8-14(15)17(22-23)18(24)21-13(3)16-10-6-7-11-20-16/h4-13H,1-3H3,(H,21,24). The first kappa shape index (κ1) is 16.8. The molecule has 0 bridgehead atoms. The van der Waals surface area contributed by atoms with E-state index in [4.69, 9.17) is 0 Å². The summed E-state index contributed by atoms with van der Waals surface area (Å²) in [5, 5.41) is 8.27. The molecule has 6 nitrogen and oxygen atoms in total. The zero-order chi connectivity index (χ0) is 18.0. The highest BCUT2D eigenvalue weighted by Gasteiger charge is 2.19. The maximum atomic E-state index is 12.8. The normalized spacial score (nSPS) is 12.3. The summed E-state index contributed by atoms with van der Waals surface area (Å²) >= 11 is 0. The number of carbonyl (C=O) groups excluding carboxylic acids is 1. The Hall–Kier alpha value is -3.02. The van der Waals surface area contributed by atoms with Crippen molar-refractivity contribution in [2.45, 2.75) is 32.9 Å². The van der Waals surface area contributed by atoms with Crippen molar-refractivity contribution >= 4 is 16.7 Å². The summed E-state index contributed by atoms with van der Waals surface area (Å²) in [6.07, 6.45) is 1.69. The highest BCUT2D eigenvalue weighted by Crippen LogP contribution is 2.16. The third-order valence-corrected chi connectivity index (χ3v) is 4.01. The molecule has 1 unspecified atom stereocenters. The van der Waals surface area contributed by atoms with Crippen LogP contribution in [0.1, 0.15) is 49.0 Å². The van der Waals surface area contributed by atoms with Gasteiger partial charge in [0.05, 0.1) is 23.2 Å². The average Bonchev–Trinajstić information content (AvgIpc) is 2.62. The molecule has 0 aliphatic rings. The zero-order valence-corrected chi connectivity index (χ0v) is 14.4. The van der Waals surface area contributed by atoms with Crippen molar-refractivity contribution in [2.75, 3.05) is 0 Å². The van der Waals surface area contributed by atoms with Crippen molar-refractivity contribution in [3.63, 3.8) is 0 Å². The number of nitrogens with zero attached hydrogens (tertiary/aromatic N) is 3. The third-order valence-electron chi connectivity index (χ3n) is 4.01. The van der Waals surface area contributed by atoms with E-state index in [0.29, 0.717) is 10.8 Å². The molecule has 2 heterocycles. The van der Waals surface area contributed by atoms with Crippen LogP contribution in [0.2, 0.25) is 0 Å². The van der Waals surface area contributed by atoms with Gasteiger partial charge < -0.3 is 5.32 Å². The van der Waals surface area contributed by atoms with Gasteiger partial charge in [-0.1, -0.05) is 24.3 Å². The van der Waals surface area contributed by atoms with Gasteiger partial charge in [0, 0.05) is 11.6 Å².